The zero-order valence-corrected chi connectivity index (χ0v) is 29.0. The smallest absolute Gasteiger partial charge is 0.289 e. The topological polar surface area (TPSA) is 220 Å². The van der Waals surface area contributed by atoms with E-state index in [4.69, 9.17) is 0 Å². The molecule has 2 saturated carbocycles. The molecule has 1 aromatic rings. The zero-order valence-electron chi connectivity index (χ0n) is 29.0. The van der Waals surface area contributed by atoms with Crippen LogP contribution in [0.1, 0.15) is 97.7 Å². The highest BCUT2D eigenvalue weighted by molar-refractivity contribution is 6.38. The Morgan fingerprint density at radius 2 is 1.69 bits per heavy atom. The average Bonchev–Trinajstić information content (AvgIpc) is 3.38. The highest BCUT2D eigenvalue weighted by Crippen LogP contribution is 2.34. The molecule has 4 aliphatic rings. The van der Waals surface area contributed by atoms with E-state index in [9.17, 15) is 28.8 Å². The molecule has 0 aromatic carbocycles. The number of ketones is 1. The van der Waals surface area contributed by atoms with E-state index in [1.807, 2.05) is 27.7 Å². The molecule has 4 fully saturated rings. The third kappa shape index (κ3) is 9.00. The normalized spacial score (nSPS) is 24.3. The molecule has 0 spiro atoms. The van der Waals surface area contributed by atoms with Gasteiger partial charge in [-0.2, -0.15) is 0 Å². The number of H-pyrrole nitrogens is 1. The lowest BCUT2D eigenvalue weighted by molar-refractivity contribution is -0.146. The van der Waals surface area contributed by atoms with E-state index in [2.05, 4.69) is 47.2 Å². The second kappa shape index (κ2) is 15.7. The van der Waals surface area contributed by atoms with E-state index in [-0.39, 0.29) is 42.6 Å². The van der Waals surface area contributed by atoms with Crippen LogP contribution in [-0.2, 0) is 35.2 Å². The minimum absolute atomic E-state index is 0.00185. The fourth-order valence-corrected chi connectivity index (χ4v) is 7.45. The predicted octanol–water partition coefficient (Wildman–Crippen LogP) is -0.340. The lowest BCUT2D eigenvalue weighted by Gasteiger charge is -2.38. The van der Waals surface area contributed by atoms with Crippen molar-refractivity contribution in [2.45, 2.75) is 135 Å². The second-order valence-corrected chi connectivity index (χ2v) is 15.2. The number of rotatable bonds is 14. The molecule has 5 rings (SSSR count). The van der Waals surface area contributed by atoms with Crippen molar-refractivity contribution in [3.05, 3.63) is 5.82 Å². The Hall–Kier alpha value is -3.95. The van der Waals surface area contributed by atoms with Gasteiger partial charge in [-0.15, -0.1) is 5.10 Å². The standard InChI is InChI=1S/C33H52N10O6/c1-5-9-21(27(45)31(48)35-20-12-13-20)36-30(47)26-24-19(14-15-34-24)17-43(26)32(49)28(33(2,3)4)38-29(46)25(18-10-7-6-8-11-18)37-23(44)16-22-39-41-42-40-22/h18-21,24-26,28,34H,5-17H2,1-4H3,(H,35,48)(H,36,47)(H,37,44)(H,38,46)(H,39,40,41,42)/t19-,21?,24?,25-,26-,28+/m0/s1. The SMILES string of the molecule is CCCC(NC(=O)[C@@H]1C2NCC[C@H]2CN1C(=O)[C@@H](NC(=O)[C@@H](NC(=O)Cc1nnn[nH]1)C1CCCCC1)C(C)(C)C)C(=O)C(=O)NC1CC1. The van der Waals surface area contributed by atoms with Gasteiger partial charge in [0.2, 0.25) is 29.4 Å². The minimum atomic E-state index is -1.02. The first-order valence-electron chi connectivity index (χ1n) is 17.9. The molecule has 0 bridgehead atoms. The third-order valence-corrected chi connectivity index (χ3v) is 10.2. The molecule has 270 valence electrons. The van der Waals surface area contributed by atoms with Crippen LogP contribution >= 0.6 is 0 Å². The summed E-state index contributed by atoms with van der Waals surface area (Å²) in [5.74, 6) is -3.02. The predicted molar refractivity (Wildman–Crippen MR) is 176 cm³/mol. The number of carbonyl (C=O) groups is 6. The van der Waals surface area contributed by atoms with E-state index in [0.29, 0.717) is 19.5 Å². The quantitative estimate of drug-likeness (QED) is 0.140. The van der Waals surface area contributed by atoms with Crippen LogP contribution in [0.25, 0.3) is 0 Å². The number of aromatic amines is 1. The number of hydrogen-bond donors (Lipinski definition) is 6. The van der Waals surface area contributed by atoms with Crippen molar-refractivity contribution in [1.29, 1.82) is 0 Å². The number of amides is 5. The Balaban J connectivity index is 1.34. The summed E-state index contributed by atoms with van der Waals surface area (Å²) in [6.07, 6.45) is 7.59. The van der Waals surface area contributed by atoms with Gasteiger partial charge >= 0.3 is 0 Å². The molecule has 5 amide bonds. The number of fused-ring (bicyclic) bond motifs is 1. The van der Waals surface area contributed by atoms with Gasteiger partial charge in [-0.3, -0.25) is 28.8 Å². The van der Waals surface area contributed by atoms with Gasteiger partial charge in [0.1, 0.15) is 18.1 Å². The Bertz CT molecular complexity index is 1370. The number of Topliss-reactive ketones (excluding diaryl/α,β-unsaturated/α-hetero) is 1. The number of tetrazole rings is 1. The molecule has 16 nitrogen and oxygen atoms in total. The lowest BCUT2D eigenvalue weighted by Crippen LogP contribution is -2.63. The summed E-state index contributed by atoms with van der Waals surface area (Å²) >= 11 is 0. The first-order valence-corrected chi connectivity index (χ1v) is 17.9. The Morgan fingerprint density at radius 1 is 0.959 bits per heavy atom. The molecule has 2 aliphatic heterocycles. The van der Waals surface area contributed by atoms with Crippen molar-refractivity contribution < 1.29 is 28.8 Å². The van der Waals surface area contributed by atoms with Gasteiger partial charge < -0.3 is 31.5 Å². The number of carbonyl (C=O) groups excluding carboxylic acids is 6. The van der Waals surface area contributed by atoms with Gasteiger partial charge in [0.15, 0.2) is 5.82 Å². The molecule has 2 saturated heterocycles. The van der Waals surface area contributed by atoms with Crippen LogP contribution in [0.4, 0.5) is 0 Å². The van der Waals surface area contributed by atoms with Gasteiger partial charge in [0.05, 0.1) is 12.5 Å². The first-order chi connectivity index (χ1) is 23.4. The number of likely N-dealkylation sites (tertiary alicyclic amines) is 1. The van der Waals surface area contributed by atoms with Crippen LogP contribution < -0.4 is 26.6 Å². The van der Waals surface area contributed by atoms with Gasteiger partial charge in [0.25, 0.3) is 5.91 Å². The maximum absolute atomic E-state index is 14.5. The van der Waals surface area contributed by atoms with Crippen molar-refractivity contribution in [2.75, 3.05) is 13.1 Å². The summed E-state index contributed by atoms with van der Waals surface area (Å²) in [6, 6.07) is -4.18. The van der Waals surface area contributed by atoms with E-state index in [1.54, 1.807) is 0 Å². The van der Waals surface area contributed by atoms with Crippen LogP contribution in [0.5, 0.6) is 0 Å². The molecule has 0 radical (unpaired) electrons. The Morgan fingerprint density at radius 3 is 2.33 bits per heavy atom. The number of nitrogens with zero attached hydrogens (tertiary/aromatic N) is 4. The molecule has 1 aromatic heterocycles. The second-order valence-electron chi connectivity index (χ2n) is 15.2. The molecule has 3 heterocycles. The maximum atomic E-state index is 14.5. The number of nitrogens with one attached hydrogen (secondary N) is 6. The van der Waals surface area contributed by atoms with E-state index < -0.39 is 64.9 Å². The molecule has 49 heavy (non-hydrogen) atoms. The molecule has 6 atom stereocenters. The van der Waals surface area contributed by atoms with Gasteiger partial charge in [-0.1, -0.05) is 53.4 Å². The van der Waals surface area contributed by atoms with Crippen LogP contribution in [0, 0.1) is 17.3 Å². The largest absolute Gasteiger partial charge is 0.347 e. The summed E-state index contributed by atoms with van der Waals surface area (Å²) in [7, 11) is 0. The maximum Gasteiger partial charge on any atom is 0.289 e. The van der Waals surface area contributed by atoms with Gasteiger partial charge in [-0.25, -0.2) is 5.10 Å². The molecular weight excluding hydrogens is 632 g/mol. The van der Waals surface area contributed by atoms with Gasteiger partial charge in [0, 0.05) is 18.6 Å². The fraction of sp³-hybridized carbons (Fsp3) is 0.788. The molecule has 6 N–H and O–H groups in total. The van der Waals surface area contributed by atoms with E-state index in [0.717, 1.165) is 51.4 Å². The minimum Gasteiger partial charge on any atom is -0.347 e. The average molecular weight is 685 g/mol. The Kier molecular flexibility index (Phi) is 11.7. The first kappa shape index (κ1) is 36.3. The van der Waals surface area contributed by atoms with Crippen molar-refractivity contribution >= 4 is 35.3 Å². The van der Waals surface area contributed by atoms with Crippen molar-refractivity contribution in [3.63, 3.8) is 0 Å². The van der Waals surface area contributed by atoms with Crippen LogP contribution in [0.3, 0.4) is 0 Å². The molecular formula is C33H52N10O6. The molecule has 16 heteroatoms. The summed E-state index contributed by atoms with van der Waals surface area (Å²) in [6.45, 7) is 8.41. The summed E-state index contributed by atoms with van der Waals surface area (Å²) in [5, 5.41) is 28.1. The zero-order chi connectivity index (χ0) is 35.3. The van der Waals surface area contributed by atoms with Crippen LogP contribution in [-0.4, -0.2) is 110 Å². The van der Waals surface area contributed by atoms with Crippen LogP contribution in [0.15, 0.2) is 0 Å². The summed E-state index contributed by atoms with van der Waals surface area (Å²) in [4.78, 5) is 82.9. The van der Waals surface area contributed by atoms with E-state index >= 15 is 0 Å². The van der Waals surface area contributed by atoms with Crippen LogP contribution in [0.2, 0.25) is 0 Å². The Labute approximate surface area is 286 Å². The number of hydrogen-bond acceptors (Lipinski definition) is 10. The van der Waals surface area contributed by atoms with Crippen molar-refractivity contribution in [2.24, 2.45) is 17.3 Å². The van der Waals surface area contributed by atoms with Crippen molar-refractivity contribution in [3.8, 4) is 0 Å². The molecule has 2 unspecified atom stereocenters. The number of aromatic nitrogens is 4. The fourth-order valence-electron chi connectivity index (χ4n) is 7.45. The summed E-state index contributed by atoms with van der Waals surface area (Å²) in [5.41, 5.74) is -0.757. The lowest BCUT2D eigenvalue weighted by atomic mass is 9.82. The van der Waals surface area contributed by atoms with Crippen molar-refractivity contribution in [1.82, 2.24) is 52.1 Å². The van der Waals surface area contributed by atoms with E-state index in [1.165, 1.54) is 4.90 Å². The summed E-state index contributed by atoms with van der Waals surface area (Å²) < 4.78 is 0. The highest BCUT2D eigenvalue weighted by atomic mass is 16.2. The monoisotopic (exact) mass is 684 g/mol. The third-order valence-electron chi connectivity index (χ3n) is 10.2. The van der Waals surface area contributed by atoms with Gasteiger partial charge in [-0.05, 0) is 72.7 Å². The highest BCUT2D eigenvalue weighted by Gasteiger charge is 2.52. The molecule has 2 aliphatic carbocycles.